The van der Waals surface area contributed by atoms with Crippen molar-refractivity contribution < 1.29 is 37.6 Å². The van der Waals surface area contributed by atoms with Crippen LogP contribution in [-0.2, 0) is 32.7 Å². The number of phosphoric acid groups is 1. The third-order valence-corrected chi connectivity index (χ3v) is 10.3. The third kappa shape index (κ3) is 40.0. The van der Waals surface area contributed by atoms with Crippen molar-refractivity contribution in [1.82, 2.24) is 0 Å². The first-order valence-electron chi connectivity index (χ1n) is 21.8. The summed E-state index contributed by atoms with van der Waals surface area (Å²) in [5.41, 5.74) is 5.32. The fourth-order valence-corrected chi connectivity index (χ4v) is 6.84. The van der Waals surface area contributed by atoms with E-state index in [9.17, 15) is 19.0 Å². The number of rotatable bonds is 41. The van der Waals surface area contributed by atoms with Crippen molar-refractivity contribution in [3.63, 3.8) is 0 Å². The highest BCUT2D eigenvalue weighted by Crippen LogP contribution is 2.43. The number of nitrogens with two attached hydrogens (primary N) is 1. The minimum Gasteiger partial charge on any atom is -0.462 e. The van der Waals surface area contributed by atoms with Gasteiger partial charge in [0.25, 0.3) is 0 Å². The molecule has 0 aromatic rings. The Bertz CT molecular complexity index is 928. The van der Waals surface area contributed by atoms with Gasteiger partial charge in [-0.25, -0.2) is 4.57 Å². The van der Waals surface area contributed by atoms with Gasteiger partial charge in [0, 0.05) is 19.4 Å². The van der Waals surface area contributed by atoms with E-state index in [0.717, 1.165) is 51.4 Å². The fraction of sp³-hybridized carbons (Fsp3) is 0.860. The summed E-state index contributed by atoms with van der Waals surface area (Å²) in [6.45, 7) is 3.63. The molecule has 3 N–H and O–H groups in total. The highest BCUT2D eigenvalue weighted by molar-refractivity contribution is 7.47. The second kappa shape index (κ2) is 40.2. The Hall–Kier alpha value is -1.51. The van der Waals surface area contributed by atoms with Crippen molar-refractivity contribution in [2.45, 2.75) is 213 Å². The van der Waals surface area contributed by atoms with E-state index in [4.69, 9.17) is 24.3 Å². The van der Waals surface area contributed by atoms with E-state index in [0.29, 0.717) is 6.42 Å². The van der Waals surface area contributed by atoms with Crippen LogP contribution in [0, 0.1) is 0 Å². The number of ether oxygens (including phenoxy) is 2. The molecule has 0 aromatic carbocycles. The van der Waals surface area contributed by atoms with Crippen LogP contribution < -0.4 is 5.73 Å². The first-order valence-corrected chi connectivity index (χ1v) is 23.3. The molecular weight excluding hydrogens is 689 g/mol. The molecule has 53 heavy (non-hydrogen) atoms. The second-order valence-corrected chi connectivity index (χ2v) is 16.0. The maximum atomic E-state index is 12.5. The molecule has 2 unspecified atom stereocenters. The SMILES string of the molecule is CCCCCCC/C=C\C/C=C\CCCCCCCCCCCCCCCCCC(=O)OC(COC(=O)CCCCCCC)COP(=O)(O)OCCN. The zero-order chi connectivity index (χ0) is 38.9. The van der Waals surface area contributed by atoms with Gasteiger partial charge in [-0.1, -0.05) is 173 Å². The number of esters is 2. The summed E-state index contributed by atoms with van der Waals surface area (Å²) in [6.07, 6.45) is 42.7. The van der Waals surface area contributed by atoms with Crippen LogP contribution in [0.4, 0.5) is 0 Å². The largest absolute Gasteiger partial charge is 0.472 e. The van der Waals surface area contributed by atoms with Crippen molar-refractivity contribution >= 4 is 19.8 Å². The molecule has 2 atom stereocenters. The highest BCUT2D eigenvalue weighted by atomic mass is 31.2. The molecular formula is C43H82NO8P. The Kier molecular flexibility index (Phi) is 39.0. The van der Waals surface area contributed by atoms with Crippen molar-refractivity contribution in [3.05, 3.63) is 24.3 Å². The lowest BCUT2D eigenvalue weighted by Crippen LogP contribution is -2.29. The van der Waals surface area contributed by atoms with Gasteiger partial charge < -0.3 is 20.1 Å². The Morgan fingerprint density at radius 2 is 0.981 bits per heavy atom. The number of phosphoric ester groups is 1. The minimum absolute atomic E-state index is 0.0550. The van der Waals surface area contributed by atoms with Gasteiger partial charge in [0.1, 0.15) is 6.61 Å². The molecule has 0 spiro atoms. The molecule has 312 valence electrons. The van der Waals surface area contributed by atoms with Gasteiger partial charge in [-0.2, -0.15) is 0 Å². The number of allylic oxidation sites excluding steroid dienone is 4. The van der Waals surface area contributed by atoms with E-state index in [1.807, 2.05) is 0 Å². The summed E-state index contributed by atoms with van der Waals surface area (Å²) in [6, 6.07) is 0. The predicted octanol–water partition coefficient (Wildman–Crippen LogP) is 12.4. The van der Waals surface area contributed by atoms with Gasteiger partial charge in [0.15, 0.2) is 6.10 Å². The fourth-order valence-electron chi connectivity index (χ4n) is 6.08. The molecule has 0 saturated heterocycles. The van der Waals surface area contributed by atoms with Crippen molar-refractivity contribution in [2.75, 3.05) is 26.4 Å². The number of hydrogen-bond donors (Lipinski definition) is 2. The summed E-state index contributed by atoms with van der Waals surface area (Å²) >= 11 is 0. The second-order valence-electron chi connectivity index (χ2n) is 14.6. The Labute approximate surface area is 325 Å². The molecule has 0 radical (unpaired) electrons. The predicted molar refractivity (Wildman–Crippen MR) is 220 cm³/mol. The molecule has 0 amide bonds. The Morgan fingerprint density at radius 3 is 1.43 bits per heavy atom. The third-order valence-electron chi connectivity index (χ3n) is 9.34. The van der Waals surface area contributed by atoms with E-state index in [2.05, 4.69) is 38.2 Å². The molecule has 0 aliphatic rings. The number of carbonyl (C=O) groups is 2. The van der Waals surface area contributed by atoms with Crippen molar-refractivity contribution in [3.8, 4) is 0 Å². The first kappa shape index (κ1) is 51.5. The summed E-state index contributed by atoms with van der Waals surface area (Å²) in [5, 5.41) is 0. The maximum absolute atomic E-state index is 12.5. The lowest BCUT2D eigenvalue weighted by Gasteiger charge is -2.19. The number of unbranched alkanes of at least 4 members (excludes halogenated alkanes) is 24. The normalized spacial score (nSPS) is 13.5. The smallest absolute Gasteiger partial charge is 0.462 e. The number of carbonyl (C=O) groups excluding carboxylic acids is 2. The van der Waals surface area contributed by atoms with Gasteiger partial charge in [0.2, 0.25) is 0 Å². The Morgan fingerprint density at radius 1 is 0.566 bits per heavy atom. The topological polar surface area (TPSA) is 134 Å². The van der Waals surface area contributed by atoms with Crippen LogP contribution >= 0.6 is 7.82 Å². The van der Waals surface area contributed by atoms with Gasteiger partial charge in [0.05, 0.1) is 13.2 Å². The zero-order valence-electron chi connectivity index (χ0n) is 34.3. The molecule has 0 aliphatic heterocycles. The molecule has 0 fully saturated rings. The van der Waals surface area contributed by atoms with Crippen LogP contribution in [0.2, 0.25) is 0 Å². The van der Waals surface area contributed by atoms with Crippen LogP contribution in [0.25, 0.3) is 0 Å². The molecule has 10 heteroatoms. The van der Waals surface area contributed by atoms with Crippen LogP contribution in [-0.4, -0.2) is 49.3 Å². The summed E-state index contributed by atoms with van der Waals surface area (Å²) in [5.74, 6) is -0.837. The highest BCUT2D eigenvalue weighted by Gasteiger charge is 2.26. The molecule has 9 nitrogen and oxygen atoms in total. The van der Waals surface area contributed by atoms with Crippen molar-refractivity contribution in [1.29, 1.82) is 0 Å². The van der Waals surface area contributed by atoms with E-state index in [1.165, 1.54) is 122 Å². The minimum atomic E-state index is -4.36. The van der Waals surface area contributed by atoms with Crippen LogP contribution in [0.1, 0.15) is 206 Å². The zero-order valence-corrected chi connectivity index (χ0v) is 35.2. The van der Waals surface area contributed by atoms with Gasteiger partial charge in [-0.05, 0) is 44.9 Å². The van der Waals surface area contributed by atoms with E-state index in [1.54, 1.807) is 0 Å². The average Bonchev–Trinajstić information content (AvgIpc) is 3.14. The van der Waals surface area contributed by atoms with Gasteiger partial charge >= 0.3 is 19.8 Å². The molecule has 0 saturated carbocycles. The van der Waals surface area contributed by atoms with E-state index >= 15 is 0 Å². The lowest BCUT2D eigenvalue weighted by molar-refractivity contribution is -0.161. The van der Waals surface area contributed by atoms with Gasteiger partial charge in [-0.3, -0.25) is 18.6 Å². The van der Waals surface area contributed by atoms with Crippen LogP contribution in [0.3, 0.4) is 0 Å². The molecule has 0 bridgehead atoms. The summed E-state index contributed by atoms with van der Waals surface area (Å²) < 4.78 is 32.5. The Balaban J connectivity index is 3.84. The number of hydrogen-bond acceptors (Lipinski definition) is 8. The monoisotopic (exact) mass is 772 g/mol. The maximum Gasteiger partial charge on any atom is 0.472 e. The van der Waals surface area contributed by atoms with E-state index in [-0.39, 0.29) is 32.6 Å². The van der Waals surface area contributed by atoms with Crippen LogP contribution in [0.15, 0.2) is 24.3 Å². The van der Waals surface area contributed by atoms with Crippen molar-refractivity contribution in [2.24, 2.45) is 5.73 Å². The first-order chi connectivity index (χ1) is 25.8. The summed E-state index contributed by atoms with van der Waals surface area (Å²) in [4.78, 5) is 34.5. The molecule has 0 rings (SSSR count). The lowest BCUT2D eigenvalue weighted by atomic mass is 10.0. The molecule has 0 aliphatic carbocycles. The average molecular weight is 772 g/mol. The van der Waals surface area contributed by atoms with E-state index < -0.39 is 32.5 Å². The standard InChI is InChI=1S/C43H82NO8P/c1-3-5-7-9-10-11-12-13-14-15-16-17-18-19-20-21-22-23-24-25-26-27-28-29-30-32-34-36-43(46)52-41(40-51-53(47,48)50-38-37-44)39-49-42(45)35-33-31-8-6-4-2/h12-13,15-16,41H,3-11,14,17-40,44H2,1-2H3,(H,47,48)/b13-12-,16-15-. The summed E-state index contributed by atoms with van der Waals surface area (Å²) in [7, 11) is -4.36. The van der Waals surface area contributed by atoms with Gasteiger partial charge in [-0.15, -0.1) is 0 Å². The molecule has 0 aromatic heterocycles. The quantitative estimate of drug-likeness (QED) is 0.0269. The molecule has 0 heterocycles. The van der Waals surface area contributed by atoms with Crippen LogP contribution in [0.5, 0.6) is 0 Å².